The summed E-state index contributed by atoms with van der Waals surface area (Å²) in [5.41, 5.74) is 1.76. The number of hydrogen-bond acceptors (Lipinski definition) is 4. The van der Waals surface area contributed by atoms with Crippen molar-refractivity contribution in [2.45, 2.75) is 38.8 Å². The van der Waals surface area contributed by atoms with Crippen molar-refractivity contribution in [3.05, 3.63) is 47.8 Å². The first-order valence-electron chi connectivity index (χ1n) is 7.47. The Morgan fingerprint density at radius 2 is 2.04 bits per heavy atom. The second kappa shape index (κ2) is 8.07. The van der Waals surface area contributed by atoms with Gasteiger partial charge in [0, 0.05) is 6.42 Å². The SMILES string of the molecule is CC(CCC(=O)NCc1cn(CC(=O)O)nn1)c1ccccc1. The smallest absolute Gasteiger partial charge is 0.325 e. The zero-order chi connectivity index (χ0) is 16.7. The number of benzene rings is 1. The summed E-state index contributed by atoms with van der Waals surface area (Å²) in [5, 5.41) is 18.9. The van der Waals surface area contributed by atoms with Gasteiger partial charge in [0.25, 0.3) is 0 Å². The summed E-state index contributed by atoms with van der Waals surface area (Å²) in [6, 6.07) is 10.1. The Labute approximate surface area is 134 Å². The van der Waals surface area contributed by atoms with Crippen LogP contribution in [0.15, 0.2) is 36.5 Å². The number of aliphatic carboxylic acids is 1. The number of carbonyl (C=O) groups excluding carboxylic acids is 1. The minimum Gasteiger partial charge on any atom is -0.480 e. The minimum absolute atomic E-state index is 0.0550. The van der Waals surface area contributed by atoms with Crippen LogP contribution >= 0.6 is 0 Å². The maximum absolute atomic E-state index is 11.9. The van der Waals surface area contributed by atoms with Crippen LogP contribution in [0.25, 0.3) is 0 Å². The van der Waals surface area contributed by atoms with Crippen molar-refractivity contribution in [1.29, 1.82) is 0 Å². The lowest BCUT2D eigenvalue weighted by molar-refractivity contribution is -0.138. The van der Waals surface area contributed by atoms with E-state index in [1.165, 1.54) is 16.4 Å². The first-order chi connectivity index (χ1) is 11.0. The van der Waals surface area contributed by atoms with E-state index < -0.39 is 5.97 Å². The highest BCUT2D eigenvalue weighted by Gasteiger charge is 2.10. The highest BCUT2D eigenvalue weighted by Crippen LogP contribution is 2.19. The van der Waals surface area contributed by atoms with Crippen molar-refractivity contribution in [1.82, 2.24) is 20.3 Å². The third-order valence-electron chi connectivity index (χ3n) is 3.52. The van der Waals surface area contributed by atoms with Crippen LogP contribution in [0.1, 0.15) is 36.9 Å². The Balaban J connectivity index is 1.73. The van der Waals surface area contributed by atoms with Crippen LogP contribution in [0.2, 0.25) is 0 Å². The van der Waals surface area contributed by atoms with Crippen molar-refractivity contribution in [2.24, 2.45) is 0 Å². The normalized spacial score (nSPS) is 11.9. The number of hydrogen-bond donors (Lipinski definition) is 2. The van der Waals surface area contributed by atoms with Gasteiger partial charge in [-0.2, -0.15) is 0 Å². The van der Waals surface area contributed by atoms with Gasteiger partial charge in [-0.3, -0.25) is 9.59 Å². The van der Waals surface area contributed by atoms with Gasteiger partial charge in [-0.15, -0.1) is 5.10 Å². The van der Waals surface area contributed by atoms with Gasteiger partial charge in [-0.25, -0.2) is 4.68 Å². The average molecular weight is 316 g/mol. The van der Waals surface area contributed by atoms with Crippen LogP contribution in [0.3, 0.4) is 0 Å². The highest BCUT2D eigenvalue weighted by atomic mass is 16.4. The largest absolute Gasteiger partial charge is 0.480 e. The maximum atomic E-state index is 11.9. The molecule has 0 saturated heterocycles. The first-order valence-corrected chi connectivity index (χ1v) is 7.47. The van der Waals surface area contributed by atoms with Crippen LogP contribution in [-0.2, 0) is 22.7 Å². The van der Waals surface area contributed by atoms with E-state index in [4.69, 9.17) is 5.11 Å². The number of carboxylic acids is 1. The molecule has 0 fully saturated rings. The van der Waals surface area contributed by atoms with E-state index >= 15 is 0 Å². The van der Waals surface area contributed by atoms with E-state index in [9.17, 15) is 9.59 Å². The number of aromatic nitrogens is 3. The van der Waals surface area contributed by atoms with Gasteiger partial charge in [0.2, 0.25) is 5.91 Å². The van der Waals surface area contributed by atoms with Gasteiger partial charge in [0.1, 0.15) is 12.2 Å². The summed E-state index contributed by atoms with van der Waals surface area (Å²) < 4.78 is 1.22. The molecule has 2 N–H and O–H groups in total. The van der Waals surface area contributed by atoms with E-state index in [0.29, 0.717) is 18.0 Å². The second-order valence-corrected chi connectivity index (χ2v) is 5.43. The summed E-state index contributed by atoms with van der Waals surface area (Å²) >= 11 is 0. The summed E-state index contributed by atoms with van der Waals surface area (Å²) in [4.78, 5) is 22.4. The van der Waals surface area contributed by atoms with E-state index in [2.05, 4.69) is 34.7 Å². The molecule has 2 aromatic rings. The Hall–Kier alpha value is -2.70. The van der Waals surface area contributed by atoms with Crippen LogP contribution in [-0.4, -0.2) is 32.0 Å². The van der Waals surface area contributed by atoms with Crippen molar-refractivity contribution in [3.63, 3.8) is 0 Å². The molecule has 2 rings (SSSR count). The van der Waals surface area contributed by atoms with Gasteiger partial charge < -0.3 is 10.4 Å². The van der Waals surface area contributed by atoms with E-state index in [-0.39, 0.29) is 19.0 Å². The van der Waals surface area contributed by atoms with Crippen molar-refractivity contribution < 1.29 is 14.7 Å². The molecule has 1 heterocycles. The molecular weight excluding hydrogens is 296 g/mol. The first kappa shape index (κ1) is 16.7. The van der Waals surface area contributed by atoms with Gasteiger partial charge in [-0.1, -0.05) is 42.5 Å². The number of nitrogens with zero attached hydrogens (tertiary/aromatic N) is 3. The van der Waals surface area contributed by atoms with Gasteiger partial charge in [0.05, 0.1) is 12.7 Å². The van der Waals surface area contributed by atoms with Crippen molar-refractivity contribution >= 4 is 11.9 Å². The number of nitrogens with one attached hydrogen (secondary N) is 1. The van der Waals surface area contributed by atoms with E-state index in [1.54, 1.807) is 0 Å². The number of amides is 1. The average Bonchev–Trinajstić information content (AvgIpc) is 2.98. The lowest BCUT2D eigenvalue weighted by Gasteiger charge is -2.11. The molecule has 0 radical (unpaired) electrons. The second-order valence-electron chi connectivity index (χ2n) is 5.43. The van der Waals surface area contributed by atoms with E-state index in [1.807, 2.05) is 18.2 Å². The third kappa shape index (κ3) is 5.54. The number of rotatable bonds is 8. The van der Waals surface area contributed by atoms with Gasteiger partial charge >= 0.3 is 5.97 Å². The number of carbonyl (C=O) groups is 2. The fraction of sp³-hybridized carbons (Fsp3) is 0.375. The fourth-order valence-electron chi connectivity index (χ4n) is 2.21. The van der Waals surface area contributed by atoms with Gasteiger partial charge in [0.15, 0.2) is 0 Å². The molecule has 122 valence electrons. The van der Waals surface area contributed by atoms with Crippen LogP contribution in [0.4, 0.5) is 0 Å². The molecule has 23 heavy (non-hydrogen) atoms. The minimum atomic E-state index is -0.986. The summed E-state index contributed by atoms with van der Waals surface area (Å²) in [6.45, 7) is 2.10. The fourth-order valence-corrected chi connectivity index (χ4v) is 2.21. The van der Waals surface area contributed by atoms with Crippen molar-refractivity contribution in [2.75, 3.05) is 0 Å². The topological polar surface area (TPSA) is 97.1 Å². The molecule has 7 nitrogen and oxygen atoms in total. The Kier molecular flexibility index (Phi) is 5.85. The molecule has 0 aliphatic rings. The predicted molar refractivity (Wildman–Crippen MR) is 83.6 cm³/mol. The maximum Gasteiger partial charge on any atom is 0.325 e. The predicted octanol–water partition coefficient (Wildman–Crippen LogP) is 1.56. The molecule has 1 unspecified atom stereocenters. The molecule has 1 aromatic heterocycles. The molecule has 0 aliphatic carbocycles. The zero-order valence-electron chi connectivity index (χ0n) is 13.0. The Morgan fingerprint density at radius 1 is 1.30 bits per heavy atom. The molecule has 0 bridgehead atoms. The van der Waals surface area contributed by atoms with Crippen LogP contribution < -0.4 is 5.32 Å². The quantitative estimate of drug-likeness (QED) is 0.770. The third-order valence-corrected chi connectivity index (χ3v) is 3.52. The highest BCUT2D eigenvalue weighted by molar-refractivity contribution is 5.75. The summed E-state index contributed by atoms with van der Waals surface area (Å²) in [7, 11) is 0. The molecule has 1 atom stereocenters. The Morgan fingerprint density at radius 3 is 2.74 bits per heavy atom. The van der Waals surface area contributed by atoms with Crippen LogP contribution in [0, 0.1) is 0 Å². The zero-order valence-corrected chi connectivity index (χ0v) is 13.0. The van der Waals surface area contributed by atoms with E-state index in [0.717, 1.165) is 6.42 Å². The summed E-state index contributed by atoms with van der Waals surface area (Å²) in [6.07, 6.45) is 2.71. The molecule has 1 aromatic carbocycles. The lowest BCUT2D eigenvalue weighted by atomic mass is 9.96. The monoisotopic (exact) mass is 316 g/mol. The molecular formula is C16H20N4O3. The molecule has 0 saturated carbocycles. The number of carboxylic acid groups (broad SMARTS) is 1. The Bertz CT molecular complexity index is 654. The van der Waals surface area contributed by atoms with Crippen LogP contribution in [0.5, 0.6) is 0 Å². The molecule has 1 amide bonds. The summed E-state index contributed by atoms with van der Waals surface area (Å²) in [5.74, 6) is -0.723. The van der Waals surface area contributed by atoms with Gasteiger partial charge in [-0.05, 0) is 17.9 Å². The molecule has 0 aliphatic heterocycles. The molecule has 7 heteroatoms. The lowest BCUT2D eigenvalue weighted by Crippen LogP contribution is -2.23. The van der Waals surface area contributed by atoms with Crippen molar-refractivity contribution in [3.8, 4) is 0 Å². The molecule has 0 spiro atoms. The standard InChI is InChI=1S/C16H20N4O3/c1-12(13-5-3-2-4-6-13)7-8-15(21)17-9-14-10-20(19-18-14)11-16(22)23/h2-6,10,12H,7-9,11H2,1H3,(H,17,21)(H,22,23).